The number of nitrogens with two attached hydrogens (primary N) is 1. The van der Waals surface area contributed by atoms with Crippen molar-refractivity contribution < 1.29 is 9.52 Å². The van der Waals surface area contributed by atoms with Crippen molar-refractivity contribution in [3.05, 3.63) is 5.89 Å². The van der Waals surface area contributed by atoms with E-state index in [0.717, 1.165) is 13.0 Å². The molecule has 84 valence electrons. The van der Waals surface area contributed by atoms with E-state index in [1.54, 1.807) is 0 Å². The van der Waals surface area contributed by atoms with E-state index in [2.05, 4.69) is 10.2 Å². The van der Waals surface area contributed by atoms with Crippen molar-refractivity contribution in [1.82, 2.24) is 10.2 Å². The molecule has 0 amide bonds. The van der Waals surface area contributed by atoms with Gasteiger partial charge in [0.1, 0.15) is 0 Å². The molecule has 2 rings (SSSR count). The fourth-order valence-electron chi connectivity index (χ4n) is 1.71. The zero-order valence-corrected chi connectivity index (χ0v) is 8.81. The second kappa shape index (κ2) is 3.79. The summed E-state index contributed by atoms with van der Waals surface area (Å²) in [5.74, 6) is 0.555. The third-order valence-electron chi connectivity index (χ3n) is 2.54. The van der Waals surface area contributed by atoms with Crippen molar-refractivity contribution in [2.45, 2.75) is 25.4 Å². The number of β-amino-alcohol motifs (C(OH)–C–C–N with tert-alkyl or cyclic N) is 1. The fourth-order valence-corrected chi connectivity index (χ4v) is 1.71. The van der Waals surface area contributed by atoms with Gasteiger partial charge in [-0.25, -0.2) is 0 Å². The van der Waals surface area contributed by atoms with E-state index in [1.165, 1.54) is 0 Å². The Kier molecular flexibility index (Phi) is 2.62. The predicted molar refractivity (Wildman–Crippen MR) is 54.5 cm³/mol. The average molecular weight is 212 g/mol. The van der Waals surface area contributed by atoms with Gasteiger partial charge in [0.15, 0.2) is 0 Å². The normalized spacial score (nSPS) is 26.2. The minimum atomic E-state index is -0.650. The van der Waals surface area contributed by atoms with E-state index in [0.29, 0.717) is 31.4 Å². The Morgan fingerprint density at radius 2 is 2.40 bits per heavy atom. The molecule has 3 N–H and O–H groups in total. The third kappa shape index (κ3) is 2.27. The summed E-state index contributed by atoms with van der Waals surface area (Å²) in [6.07, 6.45) is 1.32. The Labute approximate surface area is 88.1 Å². The van der Waals surface area contributed by atoms with E-state index in [-0.39, 0.29) is 0 Å². The van der Waals surface area contributed by atoms with Gasteiger partial charge in [-0.05, 0) is 13.3 Å². The summed E-state index contributed by atoms with van der Waals surface area (Å²) in [7, 11) is 0. The molecule has 1 saturated heterocycles. The number of aliphatic hydroxyl groups is 1. The maximum absolute atomic E-state index is 9.78. The number of aromatic nitrogens is 2. The standard InChI is InChI=1S/C9H16N4O2/c1-9(14)3-5-13(6-9)8-12-11-7(15-8)2-4-10/h14H,2-6,10H2,1H3. The van der Waals surface area contributed by atoms with Crippen LogP contribution in [0.2, 0.25) is 0 Å². The number of anilines is 1. The van der Waals surface area contributed by atoms with Crippen molar-refractivity contribution in [2.24, 2.45) is 5.73 Å². The van der Waals surface area contributed by atoms with Gasteiger partial charge < -0.3 is 20.2 Å². The summed E-state index contributed by atoms with van der Waals surface area (Å²) in [5.41, 5.74) is 4.73. The molecule has 6 heteroatoms. The molecule has 1 aromatic heterocycles. The Hall–Kier alpha value is -1.14. The summed E-state index contributed by atoms with van der Waals surface area (Å²) in [4.78, 5) is 1.90. The molecule has 2 heterocycles. The van der Waals surface area contributed by atoms with Crippen LogP contribution in [0.1, 0.15) is 19.2 Å². The van der Waals surface area contributed by atoms with Gasteiger partial charge >= 0.3 is 6.01 Å². The Balaban J connectivity index is 2.04. The quantitative estimate of drug-likeness (QED) is 0.704. The predicted octanol–water partition coefficient (Wildman–Crippen LogP) is -0.468. The van der Waals surface area contributed by atoms with Gasteiger partial charge in [0, 0.05) is 19.5 Å². The molecule has 6 nitrogen and oxygen atoms in total. The highest BCUT2D eigenvalue weighted by Gasteiger charge is 2.33. The van der Waals surface area contributed by atoms with Crippen molar-refractivity contribution >= 4 is 6.01 Å². The highest BCUT2D eigenvalue weighted by atomic mass is 16.4. The molecular formula is C9H16N4O2. The summed E-state index contributed by atoms with van der Waals surface area (Å²) in [6, 6.07) is 0.483. The lowest BCUT2D eigenvalue weighted by Gasteiger charge is -2.16. The lowest BCUT2D eigenvalue weighted by Crippen LogP contribution is -2.29. The van der Waals surface area contributed by atoms with E-state index in [9.17, 15) is 5.11 Å². The lowest BCUT2D eigenvalue weighted by molar-refractivity contribution is 0.0836. The molecule has 1 atom stereocenters. The minimum absolute atomic E-state index is 0.483. The topological polar surface area (TPSA) is 88.4 Å². The molecule has 1 unspecified atom stereocenters. The van der Waals surface area contributed by atoms with E-state index in [4.69, 9.17) is 10.2 Å². The first kappa shape index (κ1) is 10.4. The first-order valence-corrected chi connectivity index (χ1v) is 5.10. The minimum Gasteiger partial charge on any atom is -0.408 e. The van der Waals surface area contributed by atoms with Gasteiger partial charge in [-0.1, -0.05) is 5.10 Å². The molecule has 15 heavy (non-hydrogen) atoms. The number of hydrogen-bond donors (Lipinski definition) is 2. The van der Waals surface area contributed by atoms with Crippen LogP contribution in [0.15, 0.2) is 4.42 Å². The second-order valence-corrected chi connectivity index (χ2v) is 4.19. The maximum atomic E-state index is 9.78. The Morgan fingerprint density at radius 1 is 1.60 bits per heavy atom. The first-order valence-electron chi connectivity index (χ1n) is 5.10. The van der Waals surface area contributed by atoms with Gasteiger partial charge in [-0.3, -0.25) is 0 Å². The molecular weight excluding hydrogens is 196 g/mol. The van der Waals surface area contributed by atoms with Crippen molar-refractivity contribution in [3.63, 3.8) is 0 Å². The molecule has 0 bridgehead atoms. The van der Waals surface area contributed by atoms with Gasteiger partial charge in [0.25, 0.3) is 0 Å². The highest BCUT2D eigenvalue weighted by molar-refractivity contribution is 5.28. The fraction of sp³-hybridized carbons (Fsp3) is 0.778. The monoisotopic (exact) mass is 212 g/mol. The number of nitrogens with zero attached hydrogens (tertiary/aromatic N) is 3. The largest absolute Gasteiger partial charge is 0.408 e. The van der Waals surface area contributed by atoms with Gasteiger partial charge in [0.2, 0.25) is 5.89 Å². The van der Waals surface area contributed by atoms with E-state index < -0.39 is 5.60 Å². The molecule has 0 spiro atoms. The lowest BCUT2D eigenvalue weighted by atomic mass is 10.1. The van der Waals surface area contributed by atoms with Crippen LogP contribution in [0.3, 0.4) is 0 Å². The van der Waals surface area contributed by atoms with Gasteiger partial charge in [-0.2, -0.15) is 0 Å². The van der Waals surface area contributed by atoms with Crippen LogP contribution >= 0.6 is 0 Å². The van der Waals surface area contributed by atoms with Gasteiger partial charge in [0.05, 0.1) is 12.1 Å². The Bertz CT molecular complexity index is 337. The van der Waals surface area contributed by atoms with Crippen molar-refractivity contribution in [2.75, 3.05) is 24.5 Å². The van der Waals surface area contributed by atoms with Crippen LogP contribution in [0.25, 0.3) is 0 Å². The molecule has 1 aliphatic heterocycles. The smallest absolute Gasteiger partial charge is 0.318 e. The molecule has 1 fully saturated rings. The summed E-state index contributed by atoms with van der Waals surface area (Å²) in [6.45, 7) is 3.60. The van der Waals surface area contributed by atoms with E-state index >= 15 is 0 Å². The molecule has 0 aliphatic carbocycles. The Morgan fingerprint density at radius 3 is 3.00 bits per heavy atom. The zero-order valence-electron chi connectivity index (χ0n) is 8.81. The van der Waals surface area contributed by atoms with Crippen LogP contribution in [0.5, 0.6) is 0 Å². The number of hydrogen-bond acceptors (Lipinski definition) is 6. The average Bonchev–Trinajstić information content (AvgIpc) is 2.73. The molecule has 0 radical (unpaired) electrons. The first-order chi connectivity index (χ1) is 7.11. The van der Waals surface area contributed by atoms with Gasteiger partial charge in [-0.15, -0.1) is 5.10 Å². The summed E-state index contributed by atoms with van der Waals surface area (Å²) in [5, 5.41) is 17.6. The summed E-state index contributed by atoms with van der Waals surface area (Å²) >= 11 is 0. The molecule has 1 aliphatic rings. The molecule has 1 aromatic rings. The third-order valence-corrected chi connectivity index (χ3v) is 2.54. The van der Waals surface area contributed by atoms with Crippen molar-refractivity contribution in [1.29, 1.82) is 0 Å². The van der Waals surface area contributed by atoms with E-state index in [1.807, 2.05) is 11.8 Å². The number of rotatable bonds is 3. The van der Waals surface area contributed by atoms with Crippen LogP contribution in [0.4, 0.5) is 6.01 Å². The van der Waals surface area contributed by atoms with Crippen LogP contribution in [0, 0.1) is 0 Å². The molecule has 0 aromatic carbocycles. The van der Waals surface area contributed by atoms with Crippen LogP contribution < -0.4 is 10.6 Å². The maximum Gasteiger partial charge on any atom is 0.318 e. The van der Waals surface area contributed by atoms with Crippen LogP contribution in [-0.2, 0) is 6.42 Å². The second-order valence-electron chi connectivity index (χ2n) is 4.19. The van der Waals surface area contributed by atoms with Crippen LogP contribution in [-0.4, -0.2) is 40.5 Å². The van der Waals surface area contributed by atoms with Crippen molar-refractivity contribution in [3.8, 4) is 0 Å². The SMILES string of the molecule is CC1(O)CCN(c2nnc(CCN)o2)C1. The zero-order chi connectivity index (χ0) is 10.9. The highest BCUT2D eigenvalue weighted by Crippen LogP contribution is 2.25. The summed E-state index contributed by atoms with van der Waals surface area (Å²) < 4.78 is 5.41. The molecule has 0 saturated carbocycles.